The Balaban J connectivity index is 1.18. The number of rotatable bonds is 6. The second-order valence-electron chi connectivity index (χ2n) is 9.49. The summed E-state index contributed by atoms with van der Waals surface area (Å²) in [5.74, 6) is -1.19. The van der Waals surface area contributed by atoms with E-state index in [-0.39, 0.29) is 18.9 Å². The van der Waals surface area contributed by atoms with Gasteiger partial charge in [0.15, 0.2) is 0 Å². The van der Waals surface area contributed by atoms with E-state index in [4.69, 9.17) is 4.74 Å². The van der Waals surface area contributed by atoms with Crippen molar-refractivity contribution in [3.8, 4) is 11.1 Å². The van der Waals surface area contributed by atoms with Crippen LogP contribution in [0.15, 0.2) is 91.0 Å². The number of alkyl carbamates (subject to hydrolysis) is 1. The second kappa shape index (κ2) is 9.13. The Morgan fingerprint density at radius 3 is 2.19 bits per heavy atom. The monoisotopic (exact) mass is 490 g/mol. The lowest BCUT2D eigenvalue weighted by molar-refractivity contribution is -0.139. The van der Waals surface area contributed by atoms with Gasteiger partial charge in [-0.05, 0) is 46.0 Å². The van der Waals surface area contributed by atoms with E-state index in [2.05, 4.69) is 34.1 Å². The molecular formula is C31H26N2O4. The number of hydrogen-bond acceptors (Lipinski definition) is 3. The number of para-hydroxylation sites is 1. The van der Waals surface area contributed by atoms with E-state index in [1.165, 1.54) is 0 Å². The zero-order chi connectivity index (χ0) is 25.5. The summed E-state index contributed by atoms with van der Waals surface area (Å²) in [5, 5.41) is 14.6. The van der Waals surface area contributed by atoms with Crippen molar-refractivity contribution in [1.82, 2.24) is 9.88 Å². The van der Waals surface area contributed by atoms with Crippen LogP contribution in [0.4, 0.5) is 4.79 Å². The SMILES string of the molecule is Cn1c2ccccc2c2cc(CC(NC(=O)OCC3c4ccccc4-c4ccccc43)C(=O)O)ccc21. The Morgan fingerprint density at radius 1 is 0.865 bits per heavy atom. The Bertz CT molecular complexity index is 1620. The number of aliphatic carboxylic acids is 1. The van der Waals surface area contributed by atoms with Crippen molar-refractivity contribution >= 4 is 33.9 Å². The molecule has 4 aromatic carbocycles. The lowest BCUT2D eigenvalue weighted by atomic mass is 9.98. The lowest BCUT2D eigenvalue weighted by Crippen LogP contribution is -2.42. The highest BCUT2D eigenvalue weighted by Crippen LogP contribution is 2.44. The van der Waals surface area contributed by atoms with Gasteiger partial charge in [-0.3, -0.25) is 0 Å². The molecule has 5 aromatic rings. The summed E-state index contributed by atoms with van der Waals surface area (Å²) in [6, 6.07) is 29.1. The third kappa shape index (κ3) is 4.00. The molecule has 0 radical (unpaired) electrons. The van der Waals surface area contributed by atoms with Crippen LogP contribution in [0.3, 0.4) is 0 Å². The topological polar surface area (TPSA) is 80.6 Å². The van der Waals surface area contributed by atoms with Crippen LogP contribution in [0.2, 0.25) is 0 Å². The number of nitrogens with one attached hydrogen (secondary N) is 1. The number of aromatic nitrogens is 1. The molecule has 184 valence electrons. The zero-order valence-electron chi connectivity index (χ0n) is 20.3. The molecule has 0 saturated carbocycles. The highest BCUT2D eigenvalue weighted by molar-refractivity contribution is 6.08. The third-order valence-corrected chi connectivity index (χ3v) is 7.35. The fraction of sp³-hybridized carbons (Fsp3) is 0.161. The molecule has 1 amide bonds. The molecule has 6 heteroatoms. The smallest absolute Gasteiger partial charge is 0.407 e. The Hall–Kier alpha value is -4.58. The van der Waals surface area contributed by atoms with Crippen LogP contribution in [-0.2, 0) is 23.0 Å². The quantitative estimate of drug-likeness (QED) is 0.312. The number of fused-ring (bicyclic) bond motifs is 6. The molecule has 0 fully saturated rings. The van der Waals surface area contributed by atoms with Gasteiger partial charge in [0.2, 0.25) is 0 Å². The minimum Gasteiger partial charge on any atom is -0.480 e. The van der Waals surface area contributed by atoms with Gasteiger partial charge in [-0.25, -0.2) is 9.59 Å². The summed E-state index contributed by atoms with van der Waals surface area (Å²) >= 11 is 0. The van der Waals surface area contributed by atoms with Gasteiger partial charge in [0, 0.05) is 41.2 Å². The third-order valence-electron chi connectivity index (χ3n) is 7.35. The van der Waals surface area contributed by atoms with Gasteiger partial charge in [0.25, 0.3) is 0 Å². The molecule has 0 spiro atoms. The molecule has 1 unspecified atom stereocenters. The number of carboxylic acids is 1. The van der Waals surface area contributed by atoms with Crippen LogP contribution >= 0.6 is 0 Å². The Labute approximate surface area is 214 Å². The number of carbonyl (C=O) groups is 2. The van der Waals surface area contributed by atoms with Gasteiger partial charge in [-0.2, -0.15) is 0 Å². The van der Waals surface area contributed by atoms with E-state index < -0.39 is 18.1 Å². The van der Waals surface area contributed by atoms with Crippen molar-refractivity contribution in [2.75, 3.05) is 6.61 Å². The molecule has 0 aliphatic heterocycles. The average Bonchev–Trinajstić information content (AvgIpc) is 3.39. The first kappa shape index (κ1) is 22.9. The molecule has 0 saturated heterocycles. The number of amides is 1. The van der Waals surface area contributed by atoms with Crippen molar-refractivity contribution in [2.45, 2.75) is 18.4 Å². The average molecular weight is 491 g/mol. The van der Waals surface area contributed by atoms with E-state index in [1.807, 2.05) is 73.8 Å². The Morgan fingerprint density at radius 2 is 1.49 bits per heavy atom. The fourth-order valence-electron chi connectivity index (χ4n) is 5.56. The number of carboxylic acid groups (broad SMARTS) is 1. The van der Waals surface area contributed by atoms with Crippen molar-refractivity contribution < 1.29 is 19.4 Å². The number of aryl methyl sites for hydroxylation is 1. The standard InChI is InChI=1S/C31H26N2O4/c1-33-28-13-7-6-12-24(28)25-16-19(14-15-29(25)33)17-27(30(34)35)32-31(36)37-18-26-22-10-4-2-8-20(22)21-9-3-5-11-23(21)26/h2-16,26-27H,17-18H2,1H3,(H,32,36)(H,34,35). The molecule has 1 aromatic heterocycles. The Kier molecular flexibility index (Phi) is 5.64. The summed E-state index contributed by atoms with van der Waals surface area (Å²) in [5.41, 5.74) is 7.50. The number of nitrogens with zero attached hydrogens (tertiary/aromatic N) is 1. The van der Waals surface area contributed by atoms with Gasteiger partial charge in [0.05, 0.1) is 0 Å². The molecule has 37 heavy (non-hydrogen) atoms. The van der Waals surface area contributed by atoms with Gasteiger partial charge in [-0.15, -0.1) is 0 Å². The molecule has 1 aliphatic rings. The maximum Gasteiger partial charge on any atom is 0.407 e. The largest absolute Gasteiger partial charge is 0.480 e. The zero-order valence-corrected chi connectivity index (χ0v) is 20.3. The van der Waals surface area contributed by atoms with Crippen molar-refractivity contribution in [2.24, 2.45) is 7.05 Å². The summed E-state index contributed by atoms with van der Waals surface area (Å²) in [6.07, 6.45) is -0.584. The maximum absolute atomic E-state index is 12.7. The number of carbonyl (C=O) groups excluding carboxylic acids is 1. The first-order chi connectivity index (χ1) is 18.0. The normalized spacial score (nSPS) is 13.3. The summed E-state index contributed by atoms with van der Waals surface area (Å²) in [4.78, 5) is 24.8. The first-order valence-corrected chi connectivity index (χ1v) is 12.3. The van der Waals surface area contributed by atoms with E-state index in [0.717, 1.165) is 49.6 Å². The second-order valence-corrected chi connectivity index (χ2v) is 9.49. The minimum atomic E-state index is -1.11. The van der Waals surface area contributed by atoms with E-state index >= 15 is 0 Å². The van der Waals surface area contributed by atoms with Crippen molar-refractivity contribution in [1.29, 1.82) is 0 Å². The van der Waals surface area contributed by atoms with E-state index in [1.54, 1.807) is 0 Å². The molecule has 1 heterocycles. The molecule has 2 N–H and O–H groups in total. The predicted octanol–water partition coefficient (Wildman–Crippen LogP) is 5.87. The van der Waals surface area contributed by atoms with E-state index in [0.29, 0.717) is 0 Å². The van der Waals surface area contributed by atoms with Crippen LogP contribution in [0.5, 0.6) is 0 Å². The van der Waals surface area contributed by atoms with Crippen LogP contribution in [-0.4, -0.2) is 34.4 Å². The summed E-state index contributed by atoms with van der Waals surface area (Å²) in [6.45, 7) is 0.133. The highest BCUT2D eigenvalue weighted by Gasteiger charge is 2.30. The number of hydrogen-bond donors (Lipinski definition) is 2. The van der Waals surface area contributed by atoms with Crippen LogP contribution < -0.4 is 5.32 Å². The van der Waals surface area contributed by atoms with E-state index in [9.17, 15) is 14.7 Å². The van der Waals surface area contributed by atoms with Crippen molar-refractivity contribution in [3.05, 3.63) is 108 Å². The molecule has 6 rings (SSSR count). The van der Waals surface area contributed by atoms with Crippen LogP contribution in [0.1, 0.15) is 22.6 Å². The summed E-state index contributed by atoms with van der Waals surface area (Å²) in [7, 11) is 2.02. The predicted molar refractivity (Wildman–Crippen MR) is 144 cm³/mol. The molecular weight excluding hydrogens is 464 g/mol. The summed E-state index contributed by atoms with van der Waals surface area (Å²) < 4.78 is 7.70. The minimum absolute atomic E-state index is 0.0878. The van der Waals surface area contributed by atoms with Crippen LogP contribution in [0.25, 0.3) is 32.9 Å². The van der Waals surface area contributed by atoms with Crippen LogP contribution in [0, 0.1) is 0 Å². The lowest BCUT2D eigenvalue weighted by Gasteiger charge is -2.17. The number of benzene rings is 4. The highest BCUT2D eigenvalue weighted by atomic mass is 16.5. The first-order valence-electron chi connectivity index (χ1n) is 12.3. The maximum atomic E-state index is 12.7. The van der Waals surface area contributed by atoms with Gasteiger partial charge in [0.1, 0.15) is 12.6 Å². The van der Waals surface area contributed by atoms with Gasteiger partial charge >= 0.3 is 12.1 Å². The fourth-order valence-corrected chi connectivity index (χ4v) is 5.56. The van der Waals surface area contributed by atoms with Crippen molar-refractivity contribution in [3.63, 3.8) is 0 Å². The van der Waals surface area contributed by atoms with Gasteiger partial charge < -0.3 is 19.7 Å². The van der Waals surface area contributed by atoms with Gasteiger partial charge in [-0.1, -0.05) is 72.8 Å². The molecule has 1 atom stereocenters. The molecule has 0 bridgehead atoms. The molecule has 1 aliphatic carbocycles. The molecule has 6 nitrogen and oxygen atoms in total. The number of ether oxygens (including phenoxy) is 1.